The minimum Gasteiger partial charge on any atom is -0.478 e. The summed E-state index contributed by atoms with van der Waals surface area (Å²) in [4.78, 5) is 22.8. The predicted molar refractivity (Wildman–Crippen MR) is 74.0 cm³/mol. The van der Waals surface area contributed by atoms with E-state index in [2.05, 4.69) is 15.7 Å². The maximum atomic E-state index is 11.8. The Labute approximate surface area is 115 Å². The molecule has 0 aliphatic rings. The zero-order valence-corrected chi connectivity index (χ0v) is 11.0. The summed E-state index contributed by atoms with van der Waals surface area (Å²) in [7, 11) is 1.74. The number of carbonyl (C=O) groups excluding carboxylic acids is 1. The maximum absolute atomic E-state index is 11.8. The van der Waals surface area contributed by atoms with Crippen molar-refractivity contribution >= 4 is 23.5 Å². The number of carboxylic acids is 1. The Morgan fingerprint density at radius 2 is 2.00 bits per heavy atom. The lowest BCUT2D eigenvalue weighted by Crippen LogP contribution is -2.20. The summed E-state index contributed by atoms with van der Waals surface area (Å²) in [6.07, 6.45) is 1.70. The lowest BCUT2D eigenvalue weighted by atomic mass is 10.1. The van der Waals surface area contributed by atoms with E-state index in [0.717, 1.165) is 0 Å². The SMILES string of the molecule is Cc1c(NC(=O)Nc2ccn(C)n2)cccc1C(=O)O. The number of nitrogens with zero attached hydrogens (tertiary/aromatic N) is 2. The standard InChI is InChI=1S/C13H14N4O3/c1-8-9(12(18)19)4-3-5-10(8)14-13(20)15-11-6-7-17(2)16-11/h3-7H,1-2H3,(H,18,19)(H2,14,15,16,20). The van der Waals surface area contributed by atoms with Crippen molar-refractivity contribution in [1.82, 2.24) is 9.78 Å². The van der Waals surface area contributed by atoms with Gasteiger partial charge in [0.1, 0.15) is 0 Å². The van der Waals surface area contributed by atoms with Gasteiger partial charge in [-0.1, -0.05) is 6.07 Å². The molecule has 20 heavy (non-hydrogen) atoms. The number of urea groups is 1. The zero-order valence-electron chi connectivity index (χ0n) is 11.0. The molecule has 2 aromatic rings. The fourth-order valence-corrected chi connectivity index (χ4v) is 1.75. The molecule has 104 valence electrons. The summed E-state index contributed by atoms with van der Waals surface area (Å²) in [6, 6.07) is 5.88. The summed E-state index contributed by atoms with van der Waals surface area (Å²) >= 11 is 0. The molecule has 0 aliphatic heterocycles. The first-order chi connectivity index (χ1) is 9.47. The highest BCUT2D eigenvalue weighted by molar-refractivity contribution is 6.01. The molecule has 0 bridgehead atoms. The third-order valence-corrected chi connectivity index (χ3v) is 2.77. The molecule has 0 radical (unpaired) electrons. The molecule has 0 saturated heterocycles. The second-order valence-electron chi connectivity index (χ2n) is 4.24. The summed E-state index contributed by atoms with van der Waals surface area (Å²) in [5.74, 6) is -0.617. The molecule has 7 heteroatoms. The van der Waals surface area contributed by atoms with Crippen LogP contribution in [-0.2, 0) is 7.05 Å². The average Bonchev–Trinajstić information content (AvgIpc) is 2.77. The minimum atomic E-state index is -1.03. The van der Waals surface area contributed by atoms with Crippen molar-refractivity contribution in [3.8, 4) is 0 Å². The highest BCUT2D eigenvalue weighted by atomic mass is 16.4. The van der Waals surface area contributed by atoms with E-state index in [4.69, 9.17) is 5.11 Å². The van der Waals surface area contributed by atoms with E-state index >= 15 is 0 Å². The third kappa shape index (κ3) is 2.94. The summed E-state index contributed by atoms with van der Waals surface area (Å²) < 4.78 is 1.56. The second-order valence-corrected chi connectivity index (χ2v) is 4.24. The van der Waals surface area contributed by atoms with Gasteiger partial charge < -0.3 is 10.4 Å². The van der Waals surface area contributed by atoms with Crippen LogP contribution in [-0.4, -0.2) is 26.9 Å². The van der Waals surface area contributed by atoms with Crippen molar-refractivity contribution in [3.63, 3.8) is 0 Å². The number of aromatic nitrogens is 2. The summed E-state index contributed by atoms with van der Waals surface area (Å²) in [5.41, 5.74) is 1.09. The smallest absolute Gasteiger partial charge is 0.336 e. The number of amides is 2. The van der Waals surface area contributed by atoms with Gasteiger partial charge in [-0.2, -0.15) is 5.10 Å². The number of benzene rings is 1. The summed E-state index contributed by atoms with van der Waals surface area (Å²) in [6.45, 7) is 1.64. The number of anilines is 2. The van der Waals surface area contributed by atoms with Gasteiger partial charge in [-0.05, 0) is 24.6 Å². The molecule has 0 saturated carbocycles. The van der Waals surface area contributed by atoms with Crippen molar-refractivity contribution in [2.75, 3.05) is 10.6 Å². The van der Waals surface area contributed by atoms with Gasteiger partial charge in [0, 0.05) is 25.0 Å². The van der Waals surface area contributed by atoms with Crippen LogP contribution in [0.2, 0.25) is 0 Å². The Kier molecular flexibility index (Phi) is 3.69. The van der Waals surface area contributed by atoms with E-state index in [1.54, 1.807) is 43.0 Å². The van der Waals surface area contributed by atoms with Gasteiger partial charge in [-0.3, -0.25) is 10.00 Å². The van der Waals surface area contributed by atoms with Gasteiger partial charge in [-0.25, -0.2) is 9.59 Å². The molecule has 1 aromatic heterocycles. The van der Waals surface area contributed by atoms with Gasteiger partial charge in [0.15, 0.2) is 5.82 Å². The molecule has 1 heterocycles. The normalized spacial score (nSPS) is 10.1. The molecule has 2 rings (SSSR count). The summed E-state index contributed by atoms with van der Waals surface area (Å²) in [5, 5.41) is 18.2. The van der Waals surface area contributed by atoms with E-state index in [1.165, 1.54) is 6.07 Å². The van der Waals surface area contributed by atoms with Gasteiger partial charge in [0.2, 0.25) is 0 Å². The Morgan fingerprint density at radius 3 is 2.60 bits per heavy atom. The van der Waals surface area contributed by atoms with Crippen LogP contribution in [0.5, 0.6) is 0 Å². The number of nitrogens with one attached hydrogen (secondary N) is 2. The molecule has 0 fully saturated rings. The van der Waals surface area contributed by atoms with E-state index < -0.39 is 12.0 Å². The van der Waals surface area contributed by atoms with Crippen molar-refractivity contribution < 1.29 is 14.7 Å². The molecule has 2 amide bonds. The molecule has 0 aliphatic carbocycles. The number of aromatic carboxylic acids is 1. The minimum absolute atomic E-state index is 0.153. The Bertz CT molecular complexity index is 663. The van der Waals surface area contributed by atoms with E-state index in [0.29, 0.717) is 17.1 Å². The first-order valence-corrected chi connectivity index (χ1v) is 5.88. The Hall–Kier alpha value is -2.83. The van der Waals surface area contributed by atoms with Crippen LogP contribution in [0, 0.1) is 6.92 Å². The molecular formula is C13H14N4O3. The first kappa shape index (κ1) is 13.6. The molecule has 0 spiro atoms. The quantitative estimate of drug-likeness (QED) is 0.798. The van der Waals surface area contributed by atoms with Crippen LogP contribution >= 0.6 is 0 Å². The van der Waals surface area contributed by atoms with E-state index in [1.807, 2.05) is 0 Å². The zero-order chi connectivity index (χ0) is 14.7. The molecule has 0 unspecified atom stereocenters. The molecule has 7 nitrogen and oxygen atoms in total. The molecule has 0 atom stereocenters. The van der Waals surface area contributed by atoms with E-state index in [-0.39, 0.29) is 5.56 Å². The predicted octanol–water partition coefficient (Wildman–Crippen LogP) is 2.07. The van der Waals surface area contributed by atoms with Gasteiger partial charge in [0.25, 0.3) is 0 Å². The maximum Gasteiger partial charge on any atom is 0.336 e. The molecule has 3 N–H and O–H groups in total. The van der Waals surface area contributed by atoms with Crippen LogP contribution in [0.1, 0.15) is 15.9 Å². The van der Waals surface area contributed by atoms with Gasteiger partial charge in [0.05, 0.1) is 5.56 Å². The van der Waals surface area contributed by atoms with Crippen molar-refractivity contribution in [1.29, 1.82) is 0 Å². The lowest BCUT2D eigenvalue weighted by molar-refractivity contribution is 0.0696. The van der Waals surface area contributed by atoms with Crippen molar-refractivity contribution in [3.05, 3.63) is 41.6 Å². The number of rotatable bonds is 3. The Balaban J connectivity index is 2.12. The number of carbonyl (C=O) groups is 2. The average molecular weight is 274 g/mol. The van der Waals surface area contributed by atoms with Crippen LogP contribution in [0.15, 0.2) is 30.5 Å². The monoisotopic (exact) mass is 274 g/mol. The second kappa shape index (κ2) is 5.43. The highest BCUT2D eigenvalue weighted by Gasteiger charge is 2.12. The van der Waals surface area contributed by atoms with Crippen LogP contribution in [0.3, 0.4) is 0 Å². The van der Waals surface area contributed by atoms with Gasteiger partial charge >= 0.3 is 12.0 Å². The first-order valence-electron chi connectivity index (χ1n) is 5.88. The van der Waals surface area contributed by atoms with Crippen LogP contribution in [0.25, 0.3) is 0 Å². The van der Waals surface area contributed by atoms with Gasteiger partial charge in [-0.15, -0.1) is 0 Å². The number of aryl methyl sites for hydroxylation is 1. The highest BCUT2D eigenvalue weighted by Crippen LogP contribution is 2.19. The van der Waals surface area contributed by atoms with Crippen molar-refractivity contribution in [2.45, 2.75) is 6.92 Å². The number of carboxylic acid groups (broad SMARTS) is 1. The van der Waals surface area contributed by atoms with Crippen molar-refractivity contribution in [2.24, 2.45) is 7.05 Å². The van der Waals surface area contributed by atoms with Crippen LogP contribution < -0.4 is 10.6 Å². The largest absolute Gasteiger partial charge is 0.478 e. The lowest BCUT2D eigenvalue weighted by Gasteiger charge is -2.10. The Morgan fingerprint density at radius 1 is 1.25 bits per heavy atom. The fraction of sp³-hybridized carbons (Fsp3) is 0.154. The third-order valence-electron chi connectivity index (χ3n) is 2.77. The van der Waals surface area contributed by atoms with Crippen LogP contribution in [0.4, 0.5) is 16.3 Å². The number of hydrogen-bond acceptors (Lipinski definition) is 3. The fourth-order valence-electron chi connectivity index (χ4n) is 1.75. The molecular weight excluding hydrogens is 260 g/mol. The topological polar surface area (TPSA) is 96.3 Å². The van der Waals surface area contributed by atoms with E-state index in [9.17, 15) is 9.59 Å². The molecule has 1 aromatic carbocycles. The number of hydrogen-bond donors (Lipinski definition) is 3.